The number of carbonyl (C=O) groups excluding carboxylic acids is 2. The third-order valence-corrected chi connectivity index (χ3v) is 5.39. The molecule has 2 aliphatic heterocycles. The van der Waals surface area contributed by atoms with Crippen LogP contribution in [-0.4, -0.2) is 64.3 Å². The van der Waals surface area contributed by atoms with Crippen LogP contribution in [0.2, 0.25) is 0 Å². The maximum absolute atomic E-state index is 12.4. The molecule has 0 spiro atoms. The van der Waals surface area contributed by atoms with Crippen molar-refractivity contribution < 1.29 is 9.59 Å². The molecular formula is C18H27N5O2. The Morgan fingerprint density at radius 1 is 1.16 bits per heavy atom. The zero-order valence-corrected chi connectivity index (χ0v) is 15.1. The predicted octanol–water partition coefficient (Wildman–Crippen LogP) is 0.913. The highest BCUT2D eigenvalue weighted by Crippen LogP contribution is 2.28. The van der Waals surface area contributed by atoms with E-state index in [1.54, 1.807) is 19.3 Å². The topological polar surface area (TPSA) is 78.4 Å². The summed E-state index contributed by atoms with van der Waals surface area (Å²) in [5.41, 5.74) is 1.81. The van der Waals surface area contributed by atoms with E-state index in [9.17, 15) is 9.59 Å². The van der Waals surface area contributed by atoms with Gasteiger partial charge in [0.2, 0.25) is 11.8 Å². The average molecular weight is 345 g/mol. The highest BCUT2D eigenvalue weighted by atomic mass is 16.2. The fourth-order valence-electron chi connectivity index (χ4n) is 3.85. The summed E-state index contributed by atoms with van der Waals surface area (Å²) in [5, 5.41) is 3.03. The predicted molar refractivity (Wildman–Crippen MR) is 93.8 cm³/mol. The van der Waals surface area contributed by atoms with E-state index in [1.807, 2.05) is 11.9 Å². The lowest BCUT2D eigenvalue weighted by atomic mass is 9.92. The van der Waals surface area contributed by atoms with Crippen molar-refractivity contribution >= 4 is 11.8 Å². The maximum Gasteiger partial charge on any atom is 0.237 e. The third-order valence-electron chi connectivity index (χ3n) is 5.39. The Bertz CT molecular complexity index is 628. The van der Waals surface area contributed by atoms with E-state index in [0.717, 1.165) is 56.7 Å². The van der Waals surface area contributed by atoms with Gasteiger partial charge in [-0.2, -0.15) is 0 Å². The molecule has 1 aromatic rings. The number of rotatable bonds is 4. The fourth-order valence-corrected chi connectivity index (χ4v) is 3.85. The highest BCUT2D eigenvalue weighted by molar-refractivity contribution is 5.81. The van der Waals surface area contributed by atoms with Gasteiger partial charge in [0.1, 0.15) is 0 Å². The zero-order chi connectivity index (χ0) is 17.8. The Balaban J connectivity index is 1.61. The number of nitrogens with zero attached hydrogens (tertiary/aromatic N) is 4. The fraction of sp³-hybridized carbons (Fsp3) is 0.667. The van der Waals surface area contributed by atoms with Crippen LogP contribution in [0.3, 0.4) is 0 Å². The number of likely N-dealkylation sites (N-methyl/N-ethyl adjacent to an activating group) is 1. The molecule has 1 atom stereocenters. The first-order chi connectivity index (χ1) is 12.1. The SMILES string of the molecule is CC(=O)N1CCC(c2nccnc2CNC(=O)[C@@H]2CCCN2C)CC1. The third kappa shape index (κ3) is 4.15. The second kappa shape index (κ2) is 7.91. The first-order valence-corrected chi connectivity index (χ1v) is 9.09. The van der Waals surface area contributed by atoms with Crippen molar-refractivity contribution in [3.63, 3.8) is 0 Å². The van der Waals surface area contributed by atoms with Crippen LogP contribution in [0.25, 0.3) is 0 Å². The Hall–Kier alpha value is -2.02. The Morgan fingerprint density at radius 2 is 1.88 bits per heavy atom. The smallest absolute Gasteiger partial charge is 0.237 e. The lowest BCUT2D eigenvalue weighted by Crippen LogP contribution is -2.41. The normalized spacial score (nSPS) is 22.2. The number of likely N-dealkylation sites (tertiary alicyclic amines) is 2. The van der Waals surface area contributed by atoms with Crippen molar-refractivity contribution in [3.05, 3.63) is 23.8 Å². The van der Waals surface area contributed by atoms with Crippen LogP contribution < -0.4 is 5.32 Å². The monoisotopic (exact) mass is 345 g/mol. The van der Waals surface area contributed by atoms with E-state index < -0.39 is 0 Å². The number of piperidine rings is 1. The van der Waals surface area contributed by atoms with Gasteiger partial charge in [0, 0.05) is 38.3 Å². The van der Waals surface area contributed by atoms with Gasteiger partial charge < -0.3 is 10.2 Å². The Labute approximate surface area is 148 Å². The van der Waals surface area contributed by atoms with E-state index in [-0.39, 0.29) is 17.9 Å². The van der Waals surface area contributed by atoms with Crippen LogP contribution in [-0.2, 0) is 16.1 Å². The van der Waals surface area contributed by atoms with Crippen molar-refractivity contribution in [1.29, 1.82) is 0 Å². The summed E-state index contributed by atoms with van der Waals surface area (Å²) in [6.45, 7) is 4.52. The van der Waals surface area contributed by atoms with E-state index in [1.165, 1.54) is 0 Å². The maximum atomic E-state index is 12.4. The molecule has 0 saturated carbocycles. The Kier molecular flexibility index (Phi) is 5.63. The molecule has 0 aromatic carbocycles. The molecular weight excluding hydrogens is 318 g/mol. The molecule has 2 amide bonds. The molecule has 7 nitrogen and oxygen atoms in total. The molecule has 0 unspecified atom stereocenters. The molecule has 7 heteroatoms. The van der Waals surface area contributed by atoms with Gasteiger partial charge in [0.05, 0.1) is 24.0 Å². The number of hydrogen-bond acceptors (Lipinski definition) is 5. The van der Waals surface area contributed by atoms with Crippen LogP contribution in [0.15, 0.2) is 12.4 Å². The van der Waals surface area contributed by atoms with E-state index in [2.05, 4.69) is 20.2 Å². The summed E-state index contributed by atoms with van der Waals surface area (Å²) in [6.07, 6.45) is 7.16. The number of nitrogens with one attached hydrogen (secondary N) is 1. The number of hydrogen-bond donors (Lipinski definition) is 1. The van der Waals surface area contributed by atoms with Crippen LogP contribution in [0.4, 0.5) is 0 Å². The first kappa shape index (κ1) is 17.8. The summed E-state index contributed by atoms with van der Waals surface area (Å²) < 4.78 is 0. The molecule has 0 aliphatic carbocycles. The highest BCUT2D eigenvalue weighted by Gasteiger charge is 2.28. The summed E-state index contributed by atoms with van der Waals surface area (Å²) in [6, 6.07) is -0.0288. The van der Waals surface area contributed by atoms with Crippen LogP contribution in [0, 0.1) is 0 Å². The largest absolute Gasteiger partial charge is 0.349 e. The van der Waals surface area contributed by atoms with Gasteiger partial charge in [-0.25, -0.2) is 0 Å². The number of amides is 2. The molecule has 1 N–H and O–H groups in total. The number of aromatic nitrogens is 2. The zero-order valence-electron chi connectivity index (χ0n) is 15.1. The van der Waals surface area contributed by atoms with Crippen molar-refractivity contribution in [3.8, 4) is 0 Å². The molecule has 2 saturated heterocycles. The summed E-state index contributed by atoms with van der Waals surface area (Å²) in [5.74, 6) is 0.499. The molecule has 1 aromatic heterocycles. The lowest BCUT2D eigenvalue weighted by molar-refractivity contribution is -0.130. The van der Waals surface area contributed by atoms with Gasteiger partial charge in [0.15, 0.2) is 0 Å². The molecule has 3 heterocycles. The average Bonchev–Trinajstić information content (AvgIpc) is 3.06. The lowest BCUT2D eigenvalue weighted by Gasteiger charge is -2.31. The molecule has 25 heavy (non-hydrogen) atoms. The van der Waals surface area contributed by atoms with Crippen molar-refractivity contribution in [2.24, 2.45) is 0 Å². The Morgan fingerprint density at radius 3 is 2.52 bits per heavy atom. The summed E-state index contributed by atoms with van der Waals surface area (Å²) >= 11 is 0. The second-order valence-corrected chi connectivity index (χ2v) is 7.03. The summed E-state index contributed by atoms with van der Waals surface area (Å²) in [7, 11) is 1.99. The van der Waals surface area contributed by atoms with Crippen LogP contribution in [0.1, 0.15) is 49.9 Å². The second-order valence-electron chi connectivity index (χ2n) is 7.03. The molecule has 136 valence electrons. The molecule has 2 fully saturated rings. The van der Waals surface area contributed by atoms with Gasteiger partial charge in [-0.15, -0.1) is 0 Å². The van der Waals surface area contributed by atoms with E-state index in [0.29, 0.717) is 12.5 Å². The van der Waals surface area contributed by atoms with Gasteiger partial charge in [-0.05, 0) is 39.3 Å². The van der Waals surface area contributed by atoms with Crippen LogP contribution in [0.5, 0.6) is 0 Å². The first-order valence-electron chi connectivity index (χ1n) is 9.09. The van der Waals surface area contributed by atoms with Gasteiger partial charge in [-0.3, -0.25) is 24.5 Å². The minimum absolute atomic E-state index is 0.0288. The summed E-state index contributed by atoms with van der Waals surface area (Å²) in [4.78, 5) is 36.8. The van der Waals surface area contributed by atoms with E-state index in [4.69, 9.17) is 0 Å². The molecule has 0 radical (unpaired) electrons. The molecule has 3 rings (SSSR count). The van der Waals surface area contributed by atoms with Crippen molar-refractivity contribution in [2.45, 2.75) is 51.1 Å². The standard InChI is InChI=1S/C18H27N5O2/c1-13(24)23-10-5-14(6-11-23)17-15(19-7-8-20-17)12-21-18(25)16-4-3-9-22(16)2/h7-8,14,16H,3-6,9-12H2,1-2H3,(H,21,25)/t16-/m0/s1. The minimum Gasteiger partial charge on any atom is -0.349 e. The van der Waals surface area contributed by atoms with Gasteiger partial charge in [-0.1, -0.05) is 0 Å². The number of carbonyl (C=O) groups is 2. The van der Waals surface area contributed by atoms with E-state index >= 15 is 0 Å². The molecule has 0 bridgehead atoms. The molecule has 2 aliphatic rings. The minimum atomic E-state index is -0.0288. The van der Waals surface area contributed by atoms with Crippen LogP contribution >= 0.6 is 0 Å². The van der Waals surface area contributed by atoms with Gasteiger partial charge in [0.25, 0.3) is 0 Å². The van der Waals surface area contributed by atoms with Gasteiger partial charge >= 0.3 is 0 Å². The van der Waals surface area contributed by atoms with Crippen molar-refractivity contribution in [1.82, 2.24) is 25.1 Å². The quantitative estimate of drug-likeness (QED) is 0.878. The van der Waals surface area contributed by atoms with Crippen molar-refractivity contribution in [2.75, 3.05) is 26.7 Å².